The predicted octanol–water partition coefficient (Wildman–Crippen LogP) is 4.31. The average Bonchev–Trinajstić information content (AvgIpc) is 3.10. The molecule has 0 aromatic heterocycles. The molecule has 0 heterocycles. The number of alkyl carbamates (subject to hydrolysis) is 1. The van der Waals surface area contributed by atoms with Gasteiger partial charge in [0.15, 0.2) is 0 Å². The van der Waals surface area contributed by atoms with E-state index in [1.807, 2.05) is 31.2 Å². The second kappa shape index (κ2) is 10.5. The molecule has 0 bridgehead atoms. The van der Waals surface area contributed by atoms with E-state index in [0.29, 0.717) is 12.8 Å². The first-order chi connectivity index (χ1) is 15.7. The number of carbonyl (C=O) groups is 3. The van der Waals surface area contributed by atoms with Crippen molar-refractivity contribution in [3.8, 4) is 11.1 Å². The van der Waals surface area contributed by atoms with Gasteiger partial charge in [0.25, 0.3) is 0 Å². The van der Waals surface area contributed by atoms with Crippen molar-refractivity contribution in [2.75, 3.05) is 13.2 Å². The van der Waals surface area contributed by atoms with Crippen LogP contribution in [0.3, 0.4) is 0 Å². The van der Waals surface area contributed by atoms with E-state index < -0.39 is 23.5 Å². The van der Waals surface area contributed by atoms with Crippen molar-refractivity contribution in [1.82, 2.24) is 10.6 Å². The maximum Gasteiger partial charge on any atom is 0.407 e. The molecule has 0 radical (unpaired) electrons. The summed E-state index contributed by atoms with van der Waals surface area (Å²) >= 11 is 0. The molecule has 0 saturated heterocycles. The highest BCUT2D eigenvalue weighted by Crippen LogP contribution is 2.44. The molecule has 7 heteroatoms. The summed E-state index contributed by atoms with van der Waals surface area (Å²) in [4.78, 5) is 35.8. The summed E-state index contributed by atoms with van der Waals surface area (Å²) < 4.78 is 5.52. The zero-order valence-electron chi connectivity index (χ0n) is 19.4. The smallest absolute Gasteiger partial charge is 0.407 e. The van der Waals surface area contributed by atoms with Gasteiger partial charge in [0, 0.05) is 23.9 Å². The van der Waals surface area contributed by atoms with Gasteiger partial charge in [-0.1, -0.05) is 69.3 Å². The van der Waals surface area contributed by atoms with Crippen LogP contribution in [0.2, 0.25) is 0 Å². The Kier molecular flexibility index (Phi) is 7.74. The molecule has 2 amide bonds. The molecule has 3 rings (SSSR count). The van der Waals surface area contributed by atoms with Crippen LogP contribution in [0.25, 0.3) is 11.1 Å². The molecular formula is C26H32N2O5. The second-order valence-electron chi connectivity index (χ2n) is 9.06. The summed E-state index contributed by atoms with van der Waals surface area (Å²) in [6.07, 6.45) is 0.292. The first-order valence-electron chi connectivity index (χ1n) is 11.3. The lowest BCUT2D eigenvalue weighted by molar-refractivity contribution is -0.138. The number of amides is 2. The molecule has 7 nitrogen and oxygen atoms in total. The SMILES string of the molecule is CCC(CC(=O)O)NC(=O)C(C)(C)CCNC(=O)OCC1c2ccccc2-c2ccccc21. The lowest BCUT2D eigenvalue weighted by Gasteiger charge is -2.26. The number of benzene rings is 2. The Bertz CT molecular complexity index is 972. The number of ether oxygens (including phenoxy) is 1. The van der Waals surface area contributed by atoms with Crippen molar-refractivity contribution in [2.45, 2.75) is 52.0 Å². The first-order valence-corrected chi connectivity index (χ1v) is 11.3. The molecule has 33 heavy (non-hydrogen) atoms. The Hall–Kier alpha value is -3.35. The molecule has 1 atom stereocenters. The van der Waals surface area contributed by atoms with Gasteiger partial charge in [0.1, 0.15) is 6.61 Å². The summed E-state index contributed by atoms with van der Waals surface area (Å²) in [6.45, 7) is 5.88. The Morgan fingerprint density at radius 1 is 1.03 bits per heavy atom. The minimum absolute atomic E-state index is 0.00872. The van der Waals surface area contributed by atoms with E-state index in [-0.39, 0.29) is 31.4 Å². The van der Waals surface area contributed by atoms with E-state index in [1.165, 1.54) is 11.1 Å². The minimum Gasteiger partial charge on any atom is -0.481 e. The van der Waals surface area contributed by atoms with Crippen molar-refractivity contribution >= 4 is 18.0 Å². The summed E-state index contributed by atoms with van der Waals surface area (Å²) in [5.74, 6) is -1.19. The highest BCUT2D eigenvalue weighted by molar-refractivity contribution is 5.83. The topological polar surface area (TPSA) is 105 Å². The number of rotatable bonds is 10. The number of aliphatic carboxylic acids is 1. The lowest BCUT2D eigenvalue weighted by Crippen LogP contribution is -2.44. The normalized spacial score (nSPS) is 13.5. The Morgan fingerprint density at radius 2 is 1.61 bits per heavy atom. The van der Waals surface area contributed by atoms with E-state index in [2.05, 4.69) is 34.9 Å². The molecule has 0 aliphatic heterocycles. The van der Waals surface area contributed by atoms with Crippen molar-refractivity contribution in [3.05, 3.63) is 59.7 Å². The van der Waals surface area contributed by atoms with Crippen LogP contribution in [0, 0.1) is 5.41 Å². The van der Waals surface area contributed by atoms with Gasteiger partial charge in [-0.15, -0.1) is 0 Å². The van der Waals surface area contributed by atoms with Crippen LogP contribution in [0.1, 0.15) is 57.1 Å². The molecule has 0 spiro atoms. The van der Waals surface area contributed by atoms with Gasteiger partial charge in [-0.3, -0.25) is 9.59 Å². The molecule has 176 valence electrons. The zero-order valence-corrected chi connectivity index (χ0v) is 19.4. The van der Waals surface area contributed by atoms with Crippen molar-refractivity contribution < 1.29 is 24.2 Å². The molecule has 1 aliphatic carbocycles. The van der Waals surface area contributed by atoms with Crippen LogP contribution in [-0.4, -0.2) is 42.3 Å². The standard InChI is InChI=1S/C26H32N2O5/c1-4-17(15-23(29)30)28-24(31)26(2,3)13-14-27-25(32)33-16-22-20-11-7-5-9-18(20)19-10-6-8-12-21(19)22/h5-12,17,22H,4,13-16H2,1-3H3,(H,27,32)(H,28,31)(H,29,30). The molecule has 0 fully saturated rings. The third-order valence-electron chi connectivity index (χ3n) is 6.23. The lowest BCUT2D eigenvalue weighted by atomic mass is 9.87. The summed E-state index contributed by atoms with van der Waals surface area (Å²) in [5.41, 5.74) is 3.88. The number of fused-ring (bicyclic) bond motifs is 3. The van der Waals surface area contributed by atoms with Crippen LogP contribution >= 0.6 is 0 Å². The van der Waals surface area contributed by atoms with E-state index in [0.717, 1.165) is 11.1 Å². The van der Waals surface area contributed by atoms with Crippen molar-refractivity contribution in [2.24, 2.45) is 5.41 Å². The summed E-state index contributed by atoms with van der Waals surface area (Å²) in [5, 5.41) is 14.5. The zero-order chi connectivity index (χ0) is 24.0. The molecule has 1 unspecified atom stereocenters. The fourth-order valence-corrected chi connectivity index (χ4v) is 4.13. The highest BCUT2D eigenvalue weighted by atomic mass is 16.5. The van der Waals surface area contributed by atoms with Crippen LogP contribution in [0.15, 0.2) is 48.5 Å². The van der Waals surface area contributed by atoms with Crippen LogP contribution in [-0.2, 0) is 14.3 Å². The number of hydrogen-bond donors (Lipinski definition) is 3. The molecule has 2 aromatic carbocycles. The minimum atomic E-state index is -0.947. The van der Waals surface area contributed by atoms with E-state index in [4.69, 9.17) is 9.84 Å². The quantitative estimate of drug-likeness (QED) is 0.498. The monoisotopic (exact) mass is 452 g/mol. The van der Waals surface area contributed by atoms with Gasteiger partial charge in [-0.05, 0) is 35.1 Å². The van der Waals surface area contributed by atoms with E-state index >= 15 is 0 Å². The van der Waals surface area contributed by atoms with Gasteiger partial charge in [-0.2, -0.15) is 0 Å². The van der Waals surface area contributed by atoms with Gasteiger partial charge in [0.05, 0.1) is 6.42 Å². The third kappa shape index (κ3) is 5.92. The average molecular weight is 453 g/mol. The predicted molar refractivity (Wildman–Crippen MR) is 126 cm³/mol. The maximum absolute atomic E-state index is 12.6. The fraction of sp³-hybridized carbons (Fsp3) is 0.423. The number of nitrogens with one attached hydrogen (secondary N) is 2. The fourth-order valence-electron chi connectivity index (χ4n) is 4.13. The number of hydrogen-bond acceptors (Lipinski definition) is 4. The molecule has 2 aromatic rings. The van der Waals surface area contributed by atoms with E-state index in [9.17, 15) is 14.4 Å². The molecule has 3 N–H and O–H groups in total. The van der Waals surface area contributed by atoms with Crippen LogP contribution in [0.4, 0.5) is 4.79 Å². The Labute approximate surface area is 194 Å². The highest BCUT2D eigenvalue weighted by Gasteiger charge is 2.31. The van der Waals surface area contributed by atoms with Crippen molar-refractivity contribution in [3.63, 3.8) is 0 Å². The Balaban J connectivity index is 1.49. The van der Waals surface area contributed by atoms with E-state index in [1.54, 1.807) is 13.8 Å². The largest absolute Gasteiger partial charge is 0.481 e. The first kappa shape index (κ1) is 24.3. The van der Waals surface area contributed by atoms with Crippen LogP contribution in [0.5, 0.6) is 0 Å². The maximum atomic E-state index is 12.6. The number of carboxylic acids is 1. The van der Waals surface area contributed by atoms with Crippen LogP contribution < -0.4 is 10.6 Å². The van der Waals surface area contributed by atoms with Gasteiger partial charge in [-0.25, -0.2) is 4.79 Å². The summed E-state index contributed by atoms with van der Waals surface area (Å²) in [6, 6.07) is 15.9. The van der Waals surface area contributed by atoms with Gasteiger partial charge >= 0.3 is 12.1 Å². The Morgan fingerprint density at radius 3 is 2.15 bits per heavy atom. The van der Waals surface area contributed by atoms with Gasteiger partial charge in [0.2, 0.25) is 5.91 Å². The third-order valence-corrected chi connectivity index (χ3v) is 6.23. The molecular weight excluding hydrogens is 420 g/mol. The summed E-state index contributed by atoms with van der Waals surface area (Å²) in [7, 11) is 0. The number of carbonyl (C=O) groups excluding carboxylic acids is 2. The van der Waals surface area contributed by atoms with Gasteiger partial charge < -0.3 is 20.5 Å². The van der Waals surface area contributed by atoms with Crippen molar-refractivity contribution in [1.29, 1.82) is 0 Å². The molecule has 1 aliphatic rings. The molecule has 0 saturated carbocycles. The number of carboxylic acid groups (broad SMARTS) is 1. The second-order valence-corrected chi connectivity index (χ2v) is 9.06.